The molecule has 27 heavy (non-hydrogen) atoms. The van der Waals surface area contributed by atoms with E-state index in [0.29, 0.717) is 21.5 Å². The number of carbonyl (C=O) groups excluding carboxylic acids is 2. The summed E-state index contributed by atoms with van der Waals surface area (Å²) in [6, 6.07) is 7.04. The van der Waals surface area contributed by atoms with Gasteiger partial charge in [0.2, 0.25) is 0 Å². The molecule has 1 spiro atoms. The van der Waals surface area contributed by atoms with Gasteiger partial charge in [-0.25, -0.2) is 4.79 Å². The molecule has 1 unspecified atom stereocenters. The standard InChI is InChI=1S/C21H26O4S2/c1-24-19(22)15-7-5-14(6-8-15)13-25-20(23)16-11-17-3-2-4-18(12-16)21(17)26-9-10-27-21/h5-8,16-18H,2-4,9-13H2,1H3/t16?,17-,18+. The molecule has 3 atom stereocenters. The maximum absolute atomic E-state index is 12.7. The maximum atomic E-state index is 12.7. The van der Waals surface area contributed by atoms with Gasteiger partial charge in [-0.3, -0.25) is 4.79 Å². The average Bonchev–Trinajstić information content (AvgIpc) is 3.15. The van der Waals surface area contributed by atoms with Crippen molar-refractivity contribution in [2.45, 2.75) is 42.8 Å². The van der Waals surface area contributed by atoms with Crippen LogP contribution in [0.4, 0.5) is 0 Å². The molecule has 1 saturated heterocycles. The zero-order chi connectivity index (χ0) is 18.9. The van der Waals surface area contributed by atoms with Crippen LogP contribution in [-0.4, -0.2) is 34.6 Å². The molecule has 4 nitrogen and oxygen atoms in total. The number of benzene rings is 1. The van der Waals surface area contributed by atoms with E-state index in [1.165, 1.54) is 37.9 Å². The minimum atomic E-state index is -0.358. The predicted molar refractivity (Wildman–Crippen MR) is 109 cm³/mol. The highest BCUT2D eigenvalue weighted by molar-refractivity contribution is 8.21. The molecular weight excluding hydrogens is 380 g/mol. The summed E-state index contributed by atoms with van der Waals surface area (Å²) in [5, 5.41) is 0. The largest absolute Gasteiger partial charge is 0.465 e. The van der Waals surface area contributed by atoms with Crippen LogP contribution in [0.5, 0.6) is 0 Å². The van der Waals surface area contributed by atoms with Crippen molar-refractivity contribution in [1.29, 1.82) is 0 Å². The summed E-state index contributed by atoms with van der Waals surface area (Å²) in [6.07, 6.45) is 5.80. The highest BCUT2D eigenvalue weighted by atomic mass is 32.2. The lowest BCUT2D eigenvalue weighted by Gasteiger charge is -2.51. The molecule has 1 aromatic rings. The summed E-state index contributed by atoms with van der Waals surface area (Å²) in [6.45, 7) is 0.265. The lowest BCUT2D eigenvalue weighted by Crippen LogP contribution is -2.48. The van der Waals surface area contributed by atoms with Gasteiger partial charge in [-0.2, -0.15) is 0 Å². The molecule has 2 saturated carbocycles. The van der Waals surface area contributed by atoms with Crippen LogP contribution in [0.2, 0.25) is 0 Å². The molecule has 3 aliphatic rings. The van der Waals surface area contributed by atoms with E-state index in [2.05, 4.69) is 23.5 Å². The van der Waals surface area contributed by atoms with E-state index in [-0.39, 0.29) is 24.5 Å². The van der Waals surface area contributed by atoms with E-state index in [0.717, 1.165) is 18.4 Å². The molecule has 1 heterocycles. The molecule has 4 rings (SSSR count). The second kappa shape index (κ2) is 8.08. The first-order valence-electron chi connectivity index (χ1n) is 9.74. The van der Waals surface area contributed by atoms with Gasteiger partial charge in [0, 0.05) is 11.5 Å². The van der Waals surface area contributed by atoms with Gasteiger partial charge in [0.1, 0.15) is 6.61 Å². The molecule has 146 valence electrons. The van der Waals surface area contributed by atoms with Crippen LogP contribution in [0.25, 0.3) is 0 Å². The number of carbonyl (C=O) groups is 2. The van der Waals surface area contributed by atoms with E-state index >= 15 is 0 Å². The second-order valence-corrected chi connectivity index (χ2v) is 10.7. The third-order valence-electron chi connectivity index (χ3n) is 6.21. The average molecular weight is 407 g/mol. The fourth-order valence-electron chi connectivity index (χ4n) is 4.93. The van der Waals surface area contributed by atoms with Gasteiger partial charge in [-0.05, 0) is 55.2 Å². The molecule has 0 radical (unpaired) electrons. The van der Waals surface area contributed by atoms with E-state index in [1.54, 1.807) is 12.1 Å². The molecule has 0 N–H and O–H groups in total. The Morgan fingerprint density at radius 2 is 1.70 bits per heavy atom. The molecule has 2 bridgehead atoms. The Hall–Kier alpha value is -1.14. The second-order valence-electron chi connectivity index (χ2n) is 7.71. The van der Waals surface area contributed by atoms with Crippen molar-refractivity contribution in [3.63, 3.8) is 0 Å². The molecular formula is C21H26O4S2. The van der Waals surface area contributed by atoms with Crippen molar-refractivity contribution in [3.8, 4) is 0 Å². The lowest BCUT2D eigenvalue weighted by atomic mass is 9.67. The van der Waals surface area contributed by atoms with Gasteiger partial charge in [0.25, 0.3) is 0 Å². The minimum absolute atomic E-state index is 0.0436. The molecule has 0 amide bonds. The van der Waals surface area contributed by atoms with Crippen molar-refractivity contribution < 1.29 is 19.1 Å². The van der Waals surface area contributed by atoms with Crippen molar-refractivity contribution in [3.05, 3.63) is 35.4 Å². The third kappa shape index (κ3) is 3.75. The Labute approximate surface area is 169 Å². The van der Waals surface area contributed by atoms with Crippen molar-refractivity contribution in [1.82, 2.24) is 0 Å². The van der Waals surface area contributed by atoms with Crippen LogP contribution in [0.15, 0.2) is 24.3 Å². The van der Waals surface area contributed by atoms with Crippen LogP contribution < -0.4 is 0 Å². The summed E-state index contributed by atoms with van der Waals surface area (Å²) in [5.74, 6) is 3.46. The van der Waals surface area contributed by atoms with E-state index in [1.807, 2.05) is 12.1 Å². The van der Waals surface area contributed by atoms with E-state index < -0.39 is 0 Å². The zero-order valence-electron chi connectivity index (χ0n) is 15.6. The summed E-state index contributed by atoms with van der Waals surface area (Å²) in [7, 11) is 1.37. The Kier molecular flexibility index (Phi) is 5.74. The monoisotopic (exact) mass is 406 g/mol. The van der Waals surface area contributed by atoms with Crippen molar-refractivity contribution >= 4 is 35.5 Å². The number of ether oxygens (including phenoxy) is 2. The predicted octanol–water partition coefficient (Wildman–Crippen LogP) is 4.52. The molecule has 3 fully saturated rings. The summed E-state index contributed by atoms with van der Waals surface area (Å²) in [4.78, 5) is 24.2. The van der Waals surface area contributed by atoms with Crippen molar-refractivity contribution in [2.75, 3.05) is 18.6 Å². The van der Waals surface area contributed by atoms with Gasteiger partial charge in [-0.15, -0.1) is 23.5 Å². The number of methoxy groups -OCH3 is 1. The fourth-order valence-corrected chi connectivity index (χ4v) is 8.87. The quantitative estimate of drug-likeness (QED) is 0.686. The highest BCUT2D eigenvalue weighted by Crippen LogP contribution is 2.64. The zero-order valence-corrected chi connectivity index (χ0v) is 17.3. The molecule has 0 aromatic heterocycles. The fraction of sp³-hybridized carbons (Fsp3) is 0.619. The van der Waals surface area contributed by atoms with Crippen LogP contribution >= 0.6 is 23.5 Å². The molecule has 6 heteroatoms. The van der Waals surface area contributed by atoms with Gasteiger partial charge >= 0.3 is 11.9 Å². The van der Waals surface area contributed by atoms with Crippen LogP contribution in [0.3, 0.4) is 0 Å². The first-order valence-corrected chi connectivity index (χ1v) is 11.7. The smallest absolute Gasteiger partial charge is 0.337 e. The lowest BCUT2D eigenvalue weighted by molar-refractivity contribution is -0.152. The molecule has 1 aromatic carbocycles. The normalized spacial score (nSPS) is 28.7. The maximum Gasteiger partial charge on any atom is 0.337 e. The van der Waals surface area contributed by atoms with Gasteiger partial charge in [0.05, 0.1) is 22.7 Å². The first-order chi connectivity index (χ1) is 13.1. The summed E-state index contributed by atoms with van der Waals surface area (Å²) in [5.41, 5.74) is 1.40. The van der Waals surface area contributed by atoms with Crippen molar-refractivity contribution in [2.24, 2.45) is 17.8 Å². The highest BCUT2D eigenvalue weighted by Gasteiger charge is 2.55. The van der Waals surface area contributed by atoms with Gasteiger partial charge in [-0.1, -0.05) is 18.6 Å². The Morgan fingerprint density at radius 1 is 1.07 bits per heavy atom. The van der Waals surface area contributed by atoms with Gasteiger partial charge < -0.3 is 9.47 Å². The van der Waals surface area contributed by atoms with E-state index in [4.69, 9.17) is 9.47 Å². The summed E-state index contributed by atoms with van der Waals surface area (Å²) >= 11 is 4.32. The van der Waals surface area contributed by atoms with E-state index in [9.17, 15) is 9.59 Å². The number of hydrogen-bond donors (Lipinski definition) is 0. The SMILES string of the molecule is COC(=O)c1ccc(COC(=O)C2C[C@H]3CCC[C@@H](C2)C32SCCS2)cc1. The Morgan fingerprint density at radius 3 is 2.30 bits per heavy atom. The van der Waals surface area contributed by atoms with Gasteiger partial charge in [0.15, 0.2) is 0 Å². The number of hydrogen-bond acceptors (Lipinski definition) is 6. The minimum Gasteiger partial charge on any atom is -0.465 e. The molecule has 2 aliphatic carbocycles. The first kappa shape index (κ1) is 19.2. The van der Waals surface area contributed by atoms with Crippen LogP contribution in [0, 0.1) is 17.8 Å². The number of rotatable bonds is 4. The van der Waals surface area contributed by atoms with Crippen LogP contribution in [-0.2, 0) is 20.9 Å². The Bertz CT molecular complexity index is 681. The number of thioether (sulfide) groups is 2. The topological polar surface area (TPSA) is 52.6 Å². The summed E-state index contributed by atoms with van der Waals surface area (Å²) < 4.78 is 10.7. The third-order valence-corrected chi connectivity index (χ3v) is 10.2. The Balaban J connectivity index is 1.35. The number of esters is 2. The van der Waals surface area contributed by atoms with Crippen LogP contribution in [0.1, 0.15) is 48.0 Å². The molecule has 1 aliphatic heterocycles.